The molecule has 2 aromatic carbocycles. The summed E-state index contributed by atoms with van der Waals surface area (Å²) in [4.78, 5) is 31.8. The number of aliphatic carboxylic acids is 2. The minimum Gasteiger partial charge on any atom is -0.475 e. The fraction of sp³-hybridized carbons (Fsp3) is 0.267. The predicted octanol–water partition coefficient (Wildman–Crippen LogP) is 5.57. The van der Waals surface area contributed by atoms with Gasteiger partial charge in [-0.15, -0.1) is 0 Å². The number of alkyl halides is 6. The fourth-order valence-corrected chi connectivity index (χ4v) is 4.60. The van der Waals surface area contributed by atoms with Gasteiger partial charge in [-0.1, -0.05) is 18.2 Å². The van der Waals surface area contributed by atoms with E-state index in [9.17, 15) is 26.3 Å². The summed E-state index contributed by atoms with van der Waals surface area (Å²) in [5.41, 5.74) is 8.96. The Morgan fingerprint density at radius 2 is 1.30 bits per heavy atom. The van der Waals surface area contributed by atoms with E-state index in [1.54, 1.807) is 0 Å². The number of carboxylic acids is 2. The SMILES string of the molecule is CN1CCN(c2ccc(-c3ccn4c(-c5ccc6c(c5)ncn6C)cnc4c3)cc2)CC1.O=C(O)C(F)(F)F.O=C(O)C(F)(F)F. The van der Waals surface area contributed by atoms with Gasteiger partial charge in [-0.25, -0.2) is 19.6 Å². The second-order valence-corrected chi connectivity index (χ2v) is 10.3. The van der Waals surface area contributed by atoms with Crippen molar-refractivity contribution in [3.63, 3.8) is 0 Å². The lowest BCUT2D eigenvalue weighted by molar-refractivity contribution is -0.193. The molecule has 0 atom stereocenters. The predicted molar refractivity (Wildman–Crippen MR) is 157 cm³/mol. The average molecular weight is 651 g/mol. The van der Waals surface area contributed by atoms with Crippen LogP contribution in [0.5, 0.6) is 0 Å². The number of fused-ring (bicyclic) bond motifs is 2. The van der Waals surface area contributed by atoms with Crippen molar-refractivity contribution < 1.29 is 46.1 Å². The molecule has 10 nitrogen and oxygen atoms in total. The second kappa shape index (κ2) is 13.5. The summed E-state index contributed by atoms with van der Waals surface area (Å²) >= 11 is 0. The Kier molecular flexibility index (Phi) is 9.89. The summed E-state index contributed by atoms with van der Waals surface area (Å²) in [6.07, 6.45) is -4.26. The Morgan fingerprint density at radius 1 is 0.739 bits per heavy atom. The van der Waals surface area contributed by atoms with Crippen molar-refractivity contribution in [3.8, 4) is 22.4 Å². The molecule has 244 valence electrons. The summed E-state index contributed by atoms with van der Waals surface area (Å²) in [6.45, 7) is 4.41. The second-order valence-electron chi connectivity index (χ2n) is 10.3. The van der Waals surface area contributed by atoms with E-state index in [2.05, 4.69) is 92.0 Å². The highest BCUT2D eigenvalue weighted by Crippen LogP contribution is 2.28. The van der Waals surface area contributed by atoms with Crippen LogP contribution in [0.2, 0.25) is 0 Å². The van der Waals surface area contributed by atoms with E-state index in [1.807, 2.05) is 24.1 Å². The molecule has 0 unspecified atom stereocenters. The largest absolute Gasteiger partial charge is 0.490 e. The first-order valence-electron chi connectivity index (χ1n) is 13.6. The van der Waals surface area contributed by atoms with Crippen molar-refractivity contribution >= 4 is 34.3 Å². The summed E-state index contributed by atoms with van der Waals surface area (Å²) in [5.74, 6) is -5.51. The van der Waals surface area contributed by atoms with Gasteiger partial charge >= 0.3 is 24.3 Å². The standard InChI is InChI=1S/C26H26N6.2C2HF3O2/c1-29-11-13-31(14-12-29)22-6-3-19(4-7-22)20-9-10-32-25(17-27-26(32)16-20)21-5-8-24-23(15-21)28-18-30(24)2;2*3-2(4,5)1(6)7/h3-10,15-18H,11-14H2,1-2H3;2*(H,6,7). The normalized spacial score (nSPS) is 14.0. The molecule has 0 saturated carbocycles. The van der Waals surface area contributed by atoms with Crippen LogP contribution in [0.4, 0.5) is 32.0 Å². The third-order valence-electron chi connectivity index (χ3n) is 7.09. The van der Waals surface area contributed by atoms with Crippen molar-refractivity contribution in [2.45, 2.75) is 12.4 Å². The molecule has 5 aromatic rings. The molecule has 46 heavy (non-hydrogen) atoms. The lowest BCUT2D eigenvalue weighted by Gasteiger charge is -2.34. The van der Waals surface area contributed by atoms with Crippen molar-refractivity contribution in [2.75, 3.05) is 38.1 Å². The maximum Gasteiger partial charge on any atom is 0.490 e. The van der Waals surface area contributed by atoms with Crippen LogP contribution in [0.25, 0.3) is 39.1 Å². The monoisotopic (exact) mass is 650 g/mol. The third kappa shape index (κ3) is 8.12. The van der Waals surface area contributed by atoms with E-state index in [4.69, 9.17) is 19.8 Å². The van der Waals surface area contributed by atoms with E-state index >= 15 is 0 Å². The van der Waals surface area contributed by atoms with Crippen molar-refractivity contribution in [3.05, 3.63) is 73.3 Å². The van der Waals surface area contributed by atoms with Gasteiger partial charge in [-0.05, 0) is 54.6 Å². The van der Waals surface area contributed by atoms with Crippen LogP contribution in [0.1, 0.15) is 0 Å². The Labute approximate surface area is 257 Å². The highest BCUT2D eigenvalue weighted by Gasteiger charge is 2.38. The fourth-order valence-electron chi connectivity index (χ4n) is 4.60. The molecule has 4 heterocycles. The highest BCUT2D eigenvalue weighted by molar-refractivity contribution is 5.82. The number of nitrogens with zero attached hydrogens (tertiary/aromatic N) is 6. The molecular formula is C30H28F6N6O4. The molecule has 0 bridgehead atoms. The van der Waals surface area contributed by atoms with E-state index in [1.165, 1.54) is 16.8 Å². The van der Waals surface area contributed by atoms with Gasteiger partial charge in [0.1, 0.15) is 5.65 Å². The first kappa shape index (κ1) is 33.8. The molecule has 1 aliphatic rings. The lowest BCUT2D eigenvalue weighted by Crippen LogP contribution is -2.44. The minimum atomic E-state index is -5.08. The number of carboxylic acid groups (broad SMARTS) is 2. The lowest BCUT2D eigenvalue weighted by atomic mass is 10.1. The van der Waals surface area contributed by atoms with Gasteiger partial charge < -0.3 is 24.6 Å². The number of pyridine rings is 1. The number of aryl methyl sites for hydroxylation is 1. The number of rotatable bonds is 3. The minimum absolute atomic E-state index is 0.946. The number of halogens is 6. The summed E-state index contributed by atoms with van der Waals surface area (Å²) in [6, 6.07) is 19.6. The zero-order chi connectivity index (χ0) is 33.8. The Morgan fingerprint density at radius 3 is 1.87 bits per heavy atom. The molecule has 16 heteroatoms. The van der Waals surface area contributed by atoms with E-state index in [-0.39, 0.29) is 0 Å². The Balaban J connectivity index is 0.000000289. The molecule has 6 rings (SSSR count). The number of aromatic nitrogens is 4. The third-order valence-corrected chi connectivity index (χ3v) is 7.09. The van der Waals surface area contributed by atoms with Gasteiger partial charge in [0.05, 0.1) is 29.3 Å². The molecule has 1 aliphatic heterocycles. The van der Waals surface area contributed by atoms with Gasteiger partial charge in [0.2, 0.25) is 0 Å². The Bertz CT molecular complexity index is 1800. The van der Waals surface area contributed by atoms with Crippen LogP contribution in [-0.2, 0) is 16.6 Å². The van der Waals surface area contributed by atoms with E-state index in [0.717, 1.165) is 54.1 Å². The first-order chi connectivity index (χ1) is 21.5. The van der Waals surface area contributed by atoms with Crippen LogP contribution in [0.3, 0.4) is 0 Å². The molecule has 1 fully saturated rings. The molecule has 0 aliphatic carbocycles. The zero-order valence-corrected chi connectivity index (χ0v) is 24.4. The van der Waals surface area contributed by atoms with Crippen LogP contribution < -0.4 is 4.90 Å². The maximum atomic E-state index is 10.6. The van der Waals surface area contributed by atoms with E-state index in [0.29, 0.717) is 0 Å². The summed E-state index contributed by atoms with van der Waals surface area (Å²) in [5, 5.41) is 14.2. The number of carbonyl (C=O) groups is 2. The van der Waals surface area contributed by atoms with Crippen molar-refractivity contribution in [2.24, 2.45) is 7.05 Å². The maximum absolute atomic E-state index is 10.6. The quantitative estimate of drug-likeness (QED) is 0.244. The highest BCUT2D eigenvalue weighted by atomic mass is 19.4. The molecule has 1 saturated heterocycles. The van der Waals surface area contributed by atoms with Crippen molar-refractivity contribution in [1.82, 2.24) is 23.8 Å². The molecular weight excluding hydrogens is 622 g/mol. The van der Waals surface area contributed by atoms with Crippen LogP contribution in [-0.4, -0.2) is 91.6 Å². The zero-order valence-electron chi connectivity index (χ0n) is 24.4. The number of piperazine rings is 1. The van der Waals surface area contributed by atoms with E-state index < -0.39 is 24.3 Å². The summed E-state index contributed by atoms with van der Waals surface area (Å²) in [7, 11) is 4.21. The van der Waals surface area contributed by atoms with Gasteiger partial charge in [-0.2, -0.15) is 26.3 Å². The molecule has 3 aromatic heterocycles. The van der Waals surface area contributed by atoms with Gasteiger partial charge in [-0.3, -0.25) is 4.40 Å². The molecule has 0 radical (unpaired) electrons. The van der Waals surface area contributed by atoms with Crippen LogP contribution >= 0.6 is 0 Å². The molecule has 0 spiro atoms. The van der Waals surface area contributed by atoms with Crippen molar-refractivity contribution in [1.29, 1.82) is 0 Å². The number of likely N-dealkylation sites (N-methyl/N-ethyl adjacent to an activating group) is 1. The van der Waals surface area contributed by atoms with Gasteiger partial charge in [0.15, 0.2) is 0 Å². The number of anilines is 1. The first-order valence-corrected chi connectivity index (χ1v) is 13.6. The number of hydrogen-bond donors (Lipinski definition) is 2. The van der Waals surface area contributed by atoms with Gasteiger partial charge in [0, 0.05) is 50.7 Å². The average Bonchev–Trinajstić information content (AvgIpc) is 3.60. The number of benzene rings is 2. The smallest absolute Gasteiger partial charge is 0.475 e. The number of imidazole rings is 2. The topological polar surface area (TPSA) is 116 Å². The van der Waals surface area contributed by atoms with Crippen LogP contribution in [0.15, 0.2) is 73.3 Å². The Hall–Kier alpha value is -5.12. The molecule has 2 N–H and O–H groups in total. The van der Waals surface area contributed by atoms with Crippen LogP contribution in [0, 0.1) is 0 Å². The number of hydrogen-bond acceptors (Lipinski definition) is 6. The summed E-state index contributed by atoms with van der Waals surface area (Å²) < 4.78 is 67.7. The molecule has 0 amide bonds. The van der Waals surface area contributed by atoms with Gasteiger partial charge in [0.25, 0.3) is 0 Å².